The van der Waals surface area contributed by atoms with Gasteiger partial charge in [0.2, 0.25) is 0 Å². The highest BCUT2D eigenvalue weighted by Gasteiger charge is 2.29. The maximum atomic E-state index is 12.5. The van der Waals surface area contributed by atoms with Gasteiger partial charge >= 0.3 is 0 Å². The molecule has 2 fully saturated rings. The molecule has 104 valence electrons. The minimum atomic E-state index is 0.00495. The van der Waals surface area contributed by atoms with E-state index in [1.165, 1.54) is 12.8 Å². The van der Waals surface area contributed by atoms with Crippen LogP contribution in [-0.2, 0) is 0 Å². The first kappa shape index (κ1) is 12.7. The van der Waals surface area contributed by atoms with Crippen molar-refractivity contribution in [2.75, 3.05) is 18.1 Å². The molecule has 1 heterocycles. The van der Waals surface area contributed by atoms with Gasteiger partial charge in [0, 0.05) is 31.0 Å². The summed E-state index contributed by atoms with van der Waals surface area (Å²) in [5.74, 6) is 0.523. The fraction of sp³-hybridized carbons (Fsp3) is 0.714. The zero-order chi connectivity index (χ0) is 13.2. The number of aliphatic hydroxyl groups is 1. The summed E-state index contributed by atoms with van der Waals surface area (Å²) in [6.45, 7) is 0.567. The Hall–Kier alpha value is -1.36. The molecule has 0 atom stereocenters. The number of aliphatic hydroxyl groups excluding tert-OH is 1. The van der Waals surface area contributed by atoms with Gasteiger partial charge in [-0.25, -0.2) is 4.98 Å². The van der Waals surface area contributed by atoms with Gasteiger partial charge in [-0.15, -0.1) is 0 Å². The molecule has 0 aliphatic heterocycles. The minimum absolute atomic E-state index is 0.00495. The predicted molar refractivity (Wildman–Crippen MR) is 73.5 cm³/mol. The van der Waals surface area contributed by atoms with Gasteiger partial charge in [-0.2, -0.15) is 0 Å². The Labute approximate surface area is 112 Å². The van der Waals surface area contributed by atoms with Crippen LogP contribution in [0.4, 0.5) is 5.82 Å². The lowest BCUT2D eigenvalue weighted by molar-refractivity contribution is 0.296. The highest BCUT2D eigenvalue weighted by Crippen LogP contribution is 2.33. The third-order valence-corrected chi connectivity index (χ3v) is 4.17. The van der Waals surface area contributed by atoms with Crippen molar-refractivity contribution in [1.29, 1.82) is 0 Å². The van der Waals surface area contributed by atoms with Crippen molar-refractivity contribution in [2.45, 2.75) is 50.6 Å². The van der Waals surface area contributed by atoms with Crippen LogP contribution in [0.15, 0.2) is 17.2 Å². The van der Waals surface area contributed by atoms with Crippen molar-refractivity contribution in [1.82, 2.24) is 9.55 Å². The largest absolute Gasteiger partial charge is 0.395 e. The summed E-state index contributed by atoms with van der Waals surface area (Å²) in [7, 11) is 0. The molecule has 0 amide bonds. The zero-order valence-electron chi connectivity index (χ0n) is 11.2. The zero-order valence-corrected chi connectivity index (χ0v) is 11.2. The Morgan fingerprint density at radius 3 is 2.68 bits per heavy atom. The van der Waals surface area contributed by atoms with Crippen molar-refractivity contribution >= 4 is 5.82 Å². The standard InChI is InChI=1S/C14H21N3O2/c18-10-9-16(11-3-1-2-4-11)13-14(19)17(8-7-15-13)12-5-6-12/h7-8,11-12,18H,1-6,9-10H2. The maximum absolute atomic E-state index is 12.5. The summed E-state index contributed by atoms with van der Waals surface area (Å²) < 4.78 is 1.81. The summed E-state index contributed by atoms with van der Waals surface area (Å²) in [5, 5.41) is 9.26. The Kier molecular flexibility index (Phi) is 3.55. The van der Waals surface area contributed by atoms with Crippen molar-refractivity contribution in [3.8, 4) is 0 Å². The first-order chi connectivity index (χ1) is 9.31. The van der Waals surface area contributed by atoms with E-state index in [0.29, 0.717) is 24.4 Å². The van der Waals surface area contributed by atoms with Crippen LogP contribution in [0.25, 0.3) is 0 Å². The van der Waals surface area contributed by atoms with Crippen LogP contribution in [0.2, 0.25) is 0 Å². The molecule has 3 rings (SSSR count). The molecule has 0 unspecified atom stereocenters. The summed E-state index contributed by atoms with van der Waals surface area (Å²) in [6, 6.07) is 0.733. The predicted octanol–water partition coefficient (Wildman–Crippen LogP) is 1.32. The topological polar surface area (TPSA) is 58.4 Å². The monoisotopic (exact) mass is 263 g/mol. The molecule has 19 heavy (non-hydrogen) atoms. The third kappa shape index (κ3) is 2.52. The van der Waals surface area contributed by atoms with Gasteiger partial charge < -0.3 is 14.6 Å². The summed E-state index contributed by atoms with van der Waals surface area (Å²) >= 11 is 0. The quantitative estimate of drug-likeness (QED) is 0.870. The molecule has 2 aliphatic rings. The van der Waals surface area contributed by atoms with Gasteiger partial charge in [-0.1, -0.05) is 12.8 Å². The Bertz CT molecular complexity index is 490. The SMILES string of the molecule is O=c1c(N(CCO)C2CCCC2)nccn1C1CC1. The fourth-order valence-corrected chi connectivity index (χ4v) is 3.04. The molecule has 5 nitrogen and oxygen atoms in total. The number of hydrogen-bond donors (Lipinski definition) is 1. The van der Waals surface area contributed by atoms with Gasteiger partial charge in [0.25, 0.3) is 5.56 Å². The highest BCUT2D eigenvalue weighted by molar-refractivity contribution is 5.38. The van der Waals surface area contributed by atoms with Crippen molar-refractivity contribution < 1.29 is 5.11 Å². The summed E-state index contributed by atoms with van der Waals surface area (Å²) in [5.41, 5.74) is 0.00495. The molecule has 0 spiro atoms. The first-order valence-electron chi connectivity index (χ1n) is 7.26. The second-order valence-electron chi connectivity index (χ2n) is 5.55. The highest BCUT2D eigenvalue weighted by atomic mass is 16.3. The van der Waals surface area contributed by atoms with E-state index in [2.05, 4.69) is 4.98 Å². The molecule has 2 saturated carbocycles. The molecule has 2 aliphatic carbocycles. The fourth-order valence-electron chi connectivity index (χ4n) is 3.04. The van der Waals surface area contributed by atoms with Crippen LogP contribution in [0, 0.1) is 0 Å². The van der Waals surface area contributed by atoms with Gasteiger partial charge in [-0.3, -0.25) is 4.79 Å². The van der Waals surface area contributed by atoms with Gasteiger partial charge in [0.05, 0.1) is 6.61 Å². The molecule has 1 aromatic rings. The maximum Gasteiger partial charge on any atom is 0.293 e. The number of hydrogen-bond acceptors (Lipinski definition) is 4. The molecular weight excluding hydrogens is 242 g/mol. The molecule has 1 N–H and O–H groups in total. The van der Waals surface area contributed by atoms with Crippen molar-refractivity contribution in [3.05, 3.63) is 22.7 Å². The Morgan fingerprint density at radius 1 is 1.32 bits per heavy atom. The second-order valence-corrected chi connectivity index (χ2v) is 5.55. The van der Waals surface area contributed by atoms with E-state index in [4.69, 9.17) is 0 Å². The Morgan fingerprint density at radius 2 is 2.05 bits per heavy atom. The average molecular weight is 263 g/mol. The molecule has 0 radical (unpaired) electrons. The van der Waals surface area contributed by atoms with Crippen LogP contribution < -0.4 is 10.5 Å². The van der Waals surface area contributed by atoms with Gasteiger partial charge in [0.1, 0.15) is 0 Å². The smallest absolute Gasteiger partial charge is 0.293 e. The second kappa shape index (κ2) is 5.33. The number of rotatable bonds is 5. The average Bonchev–Trinajstić information content (AvgIpc) is 3.12. The molecule has 0 saturated heterocycles. The molecule has 0 bridgehead atoms. The van der Waals surface area contributed by atoms with Crippen LogP contribution in [0.1, 0.15) is 44.6 Å². The normalized spacial score (nSPS) is 19.8. The van der Waals surface area contributed by atoms with Crippen LogP contribution in [0.3, 0.4) is 0 Å². The van der Waals surface area contributed by atoms with Crippen LogP contribution in [-0.4, -0.2) is 33.9 Å². The minimum Gasteiger partial charge on any atom is -0.395 e. The van der Waals surface area contributed by atoms with Crippen LogP contribution in [0.5, 0.6) is 0 Å². The number of anilines is 1. The summed E-state index contributed by atoms with van der Waals surface area (Å²) in [4.78, 5) is 18.8. The molecular formula is C14H21N3O2. The van der Waals surface area contributed by atoms with E-state index in [1.807, 2.05) is 9.47 Å². The van der Waals surface area contributed by atoms with E-state index < -0.39 is 0 Å². The van der Waals surface area contributed by atoms with Gasteiger partial charge in [0.15, 0.2) is 5.82 Å². The lowest BCUT2D eigenvalue weighted by Gasteiger charge is -2.29. The molecule has 0 aromatic carbocycles. The first-order valence-corrected chi connectivity index (χ1v) is 7.26. The van der Waals surface area contributed by atoms with E-state index in [9.17, 15) is 9.90 Å². The lowest BCUT2D eigenvalue weighted by atomic mass is 10.2. The van der Waals surface area contributed by atoms with E-state index >= 15 is 0 Å². The summed E-state index contributed by atoms with van der Waals surface area (Å²) in [6.07, 6.45) is 10.3. The van der Waals surface area contributed by atoms with Crippen LogP contribution >= 0.6 is 0 Å². The number of aromatic nitrogens is 2. The number of nitrogens with zero attached hydrogens (tertiary/aromatic N) is 3. The molecule has 1 aromatic heterocycles. The van der Waals surface area contributed by atoms with Crippen molar-refractivity contribution in [2.24, 2.45) is 0 Å². The van der Waals surface area contributed by atoms with E-state index in [1.54, 1.807) is 12.4 Å². The van der Waals surface area contributed by atoms with Crippen molar-refractivity contribution in [3.63, 3.8) is 0 Å². The van der Waals surface area contributed by atoms with E-state index in [0.717, 1.165) is 25.7 Å². The van der Waals surface area contributed by atoms with Gasteiger partial charge in [-0.05, 0) is 25.7 Å². The lowest BCUT2D eigenvalue weighted by Crippen LogP contribution is -2.41. The Balaban J connectivity index is 1.92. The van der Waals surface area contributed by atoms with E-state index in [-0.39, 0.29) is 12.2 Å². The molecule has 5 heteroatoms. The third-order valence-electron chi connectivity index (χ3n) is 4.17.